The molecule has 2 aliphatic heterocycles. The van der Waals surface area contributed by atoms with Gasteiger partial charge in [0.05, 0.1) is 12.7 Å². The van der Waals surface area contributed by atoms with Crippen LogP contribution in [0.4, 0.5) is 0 Å². The maximum absolute atomic E-state index is 12.4. The molecule has 2 saturated heterocycles. The van der Waals surface area contributed by atoms with Crippen molar-refractivity contribution in [2.75, 3.05) is 13.2 Å². The average Bonchev–Trinajstić information content (AvgIpc) is 3.02. The number of phenols is 4. The summed E-state index contributed by atoms with van der Waals surface area (Å²) in [5, 5.41) is 81.9. The molecule has 47 heavy (non-hydrogen) atoms. The van der Waals surface area contributed by atoms with Crippen molar-refractivity contribution < 1.29 is 78.9 Å². The van der Waals surface area contributed by atoms with Crippen molar-refractivity contribution in [3.63, 3.8) is 0 Å². The Kier molecular flexibility index (Phi) is 12.0. The van der Waals surface area contributed by atoms with Gasteiger partial charge in [-0.3, -0.25) is 4.79 Å². The summed E-state index contributed by atoms with van der Waals surface area (Å²) >= 11 is 0. The summed E-state index contributed by atoms with van der Waals surface area (Å²) < 4.78 is 33.1. The van der Waals surface area contributed by atoms with Crippen molar-refractivity contribution in [1.29, 1.82) is 0 Å². The summed E-state index contributed by atoms with van der Waals surface area (Å²) in [6, 6.07) is 8.03. The molecular weight excluding hydrogens is 628 g/mol. The van der Waals surface area contributed by atoms with Gasteiger partial charge >= 0.3 is 11.9 Å². The first-order chi connectivity index (χ1) is 22.2. The van der Waals surface area contributed by atoms with Crippen LogP contribution in [0, 0.1) is 0 Å². The van der Waals surface area contributed by atoms with E-state index in [1.807, 2.05) is 0 Å². The van der Waals surface area contributed by atoms with E-state index in [0.29, 0.717) is 11.1 Å². The van der Waals surface area contributed by atoms with Crippen LogP contribution in [0.5, 0.6) is 23.0 Å². The van der Waals surface area contributed by atoms with E-state index in [0.717, 1.165) is 13.0 Å². The van der Waals surface area contributed by atoms with Gasteiger partial charge in [0, 0.05) is 13.0 Å². The first kappa shape index (κ1) is 35.8. The van der Waals surface area contributed by atoms with E-state index < -0.39 is 85.7 Å². The monoisotopic (exact) mass is 666 g/mol. The summed E-state index contributed by atoms with van der Waals surface area (Å²) in [5.41, 5.74) is 0.943. The van der Waals surface area contributed by atoms with Crippen molar-refractivity contribution in [2.45, 2.75) is 81.7 Å². The zero-order valence-electron chi connectivity index (χ0n) is 25.4. The van der Waals surface area contributed by atoms with Gasteiger partial charge in [0.25, 0.3) is 0 Å². The number of phenolic OH excluding ortho intramolecular Hbond substituents is 4. The fourth-order valence-corrected chi connectivity index (χ4v) is 5.00. The van der Waals surface area contributed by atoms with Gasteiger partial charge in [-0.25, -0.2) is 4.79 Å². The van der Waals surface area contributed by atoms with E-state index >= 15 is 0 Å². The Labute approximate surface area is 268 Å². The predicted molar refractivity (Wildman–Crippen MR) is 157 cm³/mol. The molecule has 0 unspecified atom stereocenters. The fourth-order valence-electron chi connectivity index (χ4n) is 5.00. The van der Waals surface area contributed by atoms with Crippen LogP contribution < -0.4 is 0 Å². The molecule has 0 aliphatic carbocycles. The van der Waals surface area contributed by atoms with Crippen LogP contribution in [0.1, 0.15) is 25.0 Å². The molecule has 16 heteroatoms. The van der Waals surface area contributed by atoms with Crippen LogP contribution in [0.3, 0.4) is 0 Å². The van der Waals surface area contributed by atoms with Gasteiger partial charge in [0.2, 0.25) is 0 Å². The molecule has 0 saturated carbocycles. The average molecular weight is 667 g/mol. The number of carbonyl (C=O) groups is 2. The topological polar surface area (TPSA) is 251 Å². The highest BCUT2D eigenvalue weighted by molar-refractivity contribution is 5.87. The zero-order chi connectivity index (χ0) is 34.4. The number of carbonyl (C=O) groups excluding carboxylic acids is 2. The molecule has 2 aliphatic rings. The Morgan fingerprint density at radius 1 is 0.809 bits per heavy atom. The van der Waals surface area contributed by atoms with E-state index in [2.05, 4.69) is 0 Å². The molecule has 0 amide bonds. The van der Waals surface area contributed by atoms with Gasteiger partial charge in [-0.15, -0.1) is 0 Å². The van der Waals surface area contributed by atoms with Crippen molar-refractivity contribution in [3.8, 4) is 23.0 Å². The maximum Gasteiger partial charge on any atom is 0.330 e. The molecule has 2 aromatic carbocycles. The lowest BCUT2D eigenvalue weighted by Crippen LogP contribution is -2.64. The quantitative estimate of drug-likeness (QED) is 0.0859. The molecule has 2 aromatic rings. The summed E-state index contributed by atoms with van der Waals surface area (Å²) in [6.45, 7) is 1.92. The maximum atomic E-state index is 12.4. The molecule has 0 aromatic heterocycles. The number of esters is 2. The third-order valence-electron chi connectivity index (χ3n) is 7.53. The van der Waals surface area contributed by atoms with Crippen LogP contribution in [-0.2, 0) is 44.4 Å². The summed E-state index contributed by atoms with van der Waals surface area (Å²) in [7, 11) is 0. The van der Waals surface area contributed by atoms with E-state index in [1.54, 1.807) is 6.07 Å². The zero-order valence-corrected chi connectivity index (χ0v) is 25.4. The number of rotatable bonds is 11. The minimum absolute atomic E-state index is 0.0914. The highest BCUT2D eigenvalue weighted by Gasteiger charge is 2.51. The molecule has 2 fully saturated rings. The number of aliphatic hydroxyl groups is 4. The van der Waals surface area contributed by atoms with Crippen molar-refractivity contribution in [1.82, 2.24) is 0 Å². The smallest absolute Gasteiger partial charge is 0.330 e. The summed E-state index contributed by atoms with van der Waals surface area (Å²) in [4.78, 5) is 23.9. The molecule has 0 bridgehead atoms. The van der Waals surface area contributed by atoms with Crippen LogP contribution in [0.15, 0.2) is 42.5 Å². The van der Waals surface area contributed by atoms with Gasteiger partial charge in [0.15, 0.2) is 41.7 Å². The molecule has 0 spiro atoms. The highest BCUT2D eigenvalue weighted by atomic mass is 16.7. The van der Waals surface area contributed by atoms with Gasteiger partial charge in [-0.2, -0.15) is 0 Å². The van der Waals surface area contributed by atoms with Crippen LogP contribution >= 0.6 is 0 Å². The Morgan fingerprint density at radius 2 is 1.49 bits per heavy atom. The lowest BCUT2D eigenvalue weighted by atomic mass is 9.97. The molecule has 0 radical (unpaired) electrons. The molecule has 10 atom stereocenters. The lowest BCUT2D eigenvalue weighted by Gasteiger charge is -2.46. The third-order valence-corrected chi connectivity index (χ3v) is 7.53. The van der Waals surface area contributed by atoms with E-state index in [9.17, 15) is 50.4 Å². The van der Waals surface area contributed by atoms with Crippen LogP contribution in [0.25, 0.3) is 6.08 Å². The summed E-state index contributed by atoms with van der Waals surface area (Å²) in [5.74, 6) is -2.99. The molecular formula is C31H38O16. The highest BCUT2D eigenvalue weighted by Crippen LogP contribution is 2.31. The Balaban J connectivity index is 1.46. The van der Waals surface area contributed by atoms with E-state index in [1.165, 1.54) is 43.3 Å². The van der Waals surface area contributed by atoms with E-state index in [-0.39, 0.29) is 30.3 Å². The largest absolute Gasteiger partial charge is 0.504 e. The minimum atomic E-state index is -1.78. The molecule has 8 N–H and O–H groups in total. The van der Waals surface area contributed by atoms with Crippen molar-refractivity contribution in [3.05, 3.63) is 53.6 Å². The van der Waals surface area contributed by atoms with Crippen LogP contribution in [-0.4, -0.2) is 127 Å². The normalized spacial score (nSPS) is 31.0. The number of ether oxygens (including phenoxy) is 6. The number of aromatic hydroxyl groups is 4. The van der Waals surface area contributed by atoms with Crippen LogP contribution in [0.2, 0.25) is 0 Å². The van der Waals surface area contributed by atoms with Crippen molar-refractivity contribution in [2.24, 2.45) is 0 Å². The standard InChI is InChI=1S/C31H38O16/c1-14-28(45-15(2)32)25(39)26(40)31(44-14)47-29-24(38)22(13-43-23(37)8-5-16-3-6-18(33)20(35)11-16)46-30(27(29)41)42-10-9-17-4-7-19(34)21(36)12-17/h3-8,11-12,14,22,24-31,33-36,38-41H,9-10,13H2,1-2H3/b8-5+/t14-,22+,24+,25-,26+,27+,28-,29-,30+,31-/m0/s1. The van der Waals surface area contributed by atoms with Crippen molar-refractivity contribution >= 4 is 18.0 Å². The SMILES string of the molecule is CC(=O)O[C@@H]1[C@@H](O)[C@@H](O)[C@H](O[C@@H]2[C@@H](O)[C@H](OCCc3ccc(O)c(O)c3)O[C@H](COC(=O)/C=C/c3ccc(O)c(O)c3)[C@H]2O)O[C@H]1C. The number of hydrogen-bond donors (Lipinski definition) is 8. The Bertz CT molecular complexity index is 1410. The second-order valence-electron chi connectivity index (χ2n) is 11.0. The Morgan fingerprint density at radius 3 is 2.15 bits per heavy atom. The number of aliphatic hydroxyl groups excluding tert-OH is 4. The number of hydrogen-bond acceptors (Lipinski definition) is 16. The molecule has 2 heterocycles. The van der Waals surface area contributed by atoms with Gasteiger partial charge in [-0.1, -0.05) is 12.1 Å². The lowest BCUT2D eigenvalue weighted by molar-refractivity contribution is -0.357. The van der Waals surface area contributed by atoms with Gasteiger partial charge in [-0.05, 0) is 54.8 Å². The second-order valence-corrected chi connectivity index (χ2v) is 11.0. The van der Waals surface area contributed by atoms with E-state index in [4.69, 9.17) is 28.4 Å². The molecule has 258 valence electrons. The second kappa shape index (κ2) is 15.7. The minimum Gasteiger partial charge on any atom is -0.504 e. The Hall–Kier alpha value is -4.00. The first-order valence-corrected chi connectivity index (χ1v) is 14.6. The molecule has 4 rings (SSSR count). The first-order valence-electron chi connectivity index (χ1n) is 14.6. The predicted octanol–water partition coefficient (Wildman–Crippen LogP) is -0.445. The van der Waals surface area contributed by atoms with Gasteiger partial charge < -0.3 is 69.3 Å². The van der Waals surface area contributed by atoms with Gasteiger partial charge in [0.1, 0.15) is 43.2 Å². The number of benzene rings is 2. The summed E-state index contributed by atoms with van der Waals surface area (Å²) in [6.07, 6.45) is -12.5. The molecule has 16 nitrogen and oxygen atoms in total. The fraction of sp³-hybridized carbons (Fsp3) is 0.484. The third kappa shape index (κ3) is 9.09.